The van der Waals surface area contributed by atoms with Gasteiger partial charge in [-0.3, -0.25) is 4.90 Å². The molecule has 19 heavy (non-hydrogen) atoms. The van der Waals surface area contributed by atoms with Crippen LogP contribution in [0.1, 0.15) is 20.3 Å². The third-order valence-electron chi connectivity index (χ3n) is 3.98. The maximum Gasteiger partial charge on any atom is 0.123 e. The van der Waals surface area contributed by atoms with Crippen molar-refractivity contribution >= 4 is 5.69 Å². The Kier molecular flexibility index (Phi) is 4.11. The van der Waals surface area contributed by atoms with Crippen LogP contribution in [0.2, 0.25) is 0 Å². The smallest absolute Gasteiger partial charge is 0.123 e. The minimum Gasteiger partial charge on any atom is -0.396 e. The lowest BCUT2D eigenvalue weighted by atomic mass is 9.94. The maximum absolute atomic E-state index is 13.0. The minimum absolute atomic E-state index is 0.00145. The van der Waals surface area contributed by atoms with Crippen molar-refractivity contribution in [2.24, 2.45) is 0 Å². The Balaban J connectivity index is 2.23. The number of hydrogen-bond donors (Lipinski definition) is 1. The summed E-state index contributed by atoms with van der Waals surface area (Å²) >= 11 is 0. The van der Waals surface area contributed by atoms with Crippen molar-refractivity contribution in [2.45, 2.75) is 31.8 Å². The van der Waals surface area contributed by atoms with E-state index in [0.29, 0.717) is 6.04 Å². The summed E-state index contributed by atoms with van der Waals surface area (Å²) in [5.74, 6) is -0.206. The fraction of sp³-hybridized carbons (Fsp3) is 0.600. The van der Waals surface area contributed by atoms with E-state index in [0.717, 1.165) is 25.2 Å². The van der Waals surface area contributed by atoms with Gasteiger partial charge in [-0.2, -0.15) is 0 Å². The van der Waals surface area contributed by atoms with Crippen LogP contribution in [0.5, 0.6) is 0 Å². The maximum atomic E-state index is 13.0. The number of anilines is 1. The molecule has 0 aliphatic carbocycles. The first kappa shape index (κ1) is 14.3. The molecule has 0 bridgehead atoms. The molecule has 3 nitrogen and oxygen atoms in total. The quantitative estimate of drug-likeness (QED) is 0.907. The molecule has 4 heteroatoms. The molecule has 1 saturated heterocycles. The van der Waals surface area contributed by atoms with E-state index >= 15 is 0 Å². The molecular formula is C15H23FN2O. The number of likely N-dealkylation sites (N-methyl/N-ethyl adjacent to an activating group) is 1. The van der Waals surface area contributed by atoms with Crippen LogP contribution in [-0.2, 0) is 0 Å². The van der Waals surface area contributed by atoms with Gasteiger partial charge in [-0.05, 0) is 51.6 Å². The van der Waals surface area contributed by atoms with Crippen LogP contribution in [0.3, 0.4) is 0 Å². The summed E-state index contributed by atoms with van der Waals surface area (Å²) in [5.41, 5.74) is 1.04. The first-order valence-electron chi connectivity index (χ1n) is 6.78. The molecule has 0 amide bonds. The van der Waals surface area contributed by atoms with Gasteiger partial charge < -0.3 is 10.0 Å². The highest BCUT2D eigenvalue weighted by Crippen LogP contribution is 2.30. The molecule has 0 saturated carbocycles. The van der Waals surface area contributed by atoms with Gasteiger partial charge in [0.1, 0.15) is 5.82 Å². The molecule has 1 aromatic carbocycles. The molecule has 1 N–H and O–H groups in total. The second-order valence-corrected chi connectivity index (χ2v) is 5.98. The molecule has 1 heterocycles. The second-order valence-electron chi connectivity index (χ2n) is 5.98. The minimum atomic E-state index is -0.206. The van der Waals surface area contributed by atoms with Crippen LogP contribution in [0.25, 0.3) is 0 Å². The highest BCUT2D eigenvalue weighted by molar-refractivity contribution is 5.49. The van der Waals surface area contributed by atoms with Gasteiger partial charge in [-0.1, -0.05) is 0 Å². The lowest BCUT2D eigenvalue weighted by Gasteiger charge is -2.51. The standard InChI is InChI=1S/C15H23FN2O/c1-15(2)11-17(3)14(8-9-19)10-18(15)13-6-4-12(16)5-7-13/h4-7,14,19H,8-11H2,1-3H3. The van der Waals surface area contributed by atoms with Crippen molar-refractivity contribution in [3.05, 3.63) is 30.1 Å². The lowest BCUT2D eigenvalue weighted by molar-refractivity contribution is 0.125. The van der Waals surface area contributed by atoms with Gasteiger partial charge in [0.15, 0.2) is 0 Å². The van der Waals surface area contributed by atoms with Crippen molar-refractivity contribution in [2.75, 3.05) is 31.6 Å². The molecule has 1 aromatic rings. The van der Waals surface area contributed by atoms with Crippen LogP contribution in [0, 0.1) is 5.82 Å². The molecule has 0 aromatic heterocycles. The predicted octanol–water partition coefficient (Wildman–Crippen LogP) is 2.11. The Morgan fingerprint density at radius 2 is 1.95 bits per heavy atom. The molecule has 0 radical (unpaired) electrons. The number of aliphatic hydroxyl groups is 1. The number of hydrogen-bond acceptors (Lipinski definition) is 3. The Bertz CT molecular complexity index is 419. The molecule has 1 unspecified atom stereocenters. The molecule has 2 rings (SSSR count). The fourth-order valence-corrected chi connectivity index (χ4v) is 2.96. The van der Waals surface area contributed by atoms with Crippen LogP contribution in [0.4, 0.5) is 10.1 Å². The highest BCUT2D eigenvalue weighted by Gasteiger charge is 2.37. The molecule has 1 aliphatic rings. The topological polar surface area (TPSA) is 26.7 Å². The number of piperazine rings is 1. The molecular weight excluding hydrogens is 243 g/mol. The van der Waals surface area contributed by atoms with Crippen molar-refractivity contribution in [3.8, 4) is 0 Å². The van der Waals surface area contributed by atoms with E-state index in [-0.39, 0.29) is 18.0 Å². The molecule has 1 aliphatic heterocycles. The number of aliphatic hydroxyl groups excluding tert-OH is 1. The Labute approximate surface area is 114 Å². The van der Waals surface area contributed by atoms with Crippen molar-refractivity contribution < 1.29 is 9.50 Å². The van der Waals surface area contributed by atoms with E-state index in [1.54, 1.807) is 0 Å². The zero-order valence-corrected chi connectivity index (χ0v) is 11.9. The van der Waals surface area contributed by atoms with Crippen LogP contribution in [0.15, 0.2) is 24.3 Å². The predicted molar refractivity (Wildman–Crippen MR) is 75.9 cm³/mol. The van der Waals surface area contributed by atoms with E-state index in [9.17, 15) is 4.39 Å². The largest absolute Gasteiger partial charge is 0.396 e. The molecule has 1 atom stereocenters. The summed E-state index contributed by atoms with van der Waals surface area (Å²) in [6, 6.07) is 7.01. The number of nitrogens with zero attached hydrogens (tertiary/aromatic N) is 2. The van der Waals surface area contributed by atoms with Gasteiger partial charge in [0.25, 0.3) is 0 Å². The number of rotatable bonds is 3. The first-order chi connectivity index (χ1) is 8.94. The van der Waals surface area contributed by atoms with E-state index in [4.69, 9.17) is 5.11 Å². The van der Waals surface area contributed by atoms with E-state index < -0.39 is 0 Å². The summed E-state index contributed by atoms with van der Waals surface area (Å²) in [7, 11) is 2.10. The SMILES string of the molecule is CN1CC(C)(C)N(c2ccc(F)cc2)CC1CCO. The molecule has 1 fully saturated rings. The summed E-state index contributed by atoms with van der Waals surface area (Å²) < 4.78 is 13.0. The van der Waals surface area contributed by atoms with Crippen LogP contribution in [-0.4, -0.2) is 48.3 Å². The van der Waals surface area contributed by atoms with Gasteiger partial charge in [-0.25, -0.2) is 4.39 Å². The number of benzene rings is 1. The molecule has 106 valence electrons. The lowest BCUT2D eigenvalue weighted by Crippen LogP contribution is -2.62. The van der Waals surface area contributed by atoms with Crippen LogP contribution >= 0.6 is 0 Å². The summed E-state index contributed by atoms with van der Waals surface area (Å²) in [6.45, 7) is 6.38. The second kappa shape index (κ2) is 5.47. The normalized spacial score (nSPS) is 23.6. The summed E-state index contributed by atoms with van der Waals surface area (Å²) in [5, 5.41) is 9.16. The van der Waals surface area contributed by atoms with E-state index in [1.807, 2.05) is 12.1 Å². The Hall–Kier alpha value is -1.13. The third kappa shape index (κ3) is 3.07. The monoisotopic (exact) mass is 266 g/mol. The Morgan fingerprint density at radius 1 is 1.32 bits per heavy atom. The zero-order valence-electron chi connectivity index (χ0n) is 11.9. The van der Waals surface area contributed by atoms with Gasteiger partial charge in [0, 0.05) is 37.0 Å². The van der Waals surface area contributed by atoms with Gasteiger partial charge in [-0.15, -0.1) is 0 Å². The Morgan fingerprint density at radius 3 is 2.53 bits per heavy atom. The van der Waals surface area contributed by atoms with Gasteiger partial charge >= 0.3 is 0 Å². The highest BCUT2D eigenvalue weighted by atomic mass is 19.1. The third-order valence-corrected chi connectivity index (χ3v) is 3.98. The molecule has 0 spiro atoms. The fourth-order valence-electron chi connectivity index (χ4n) is 2.96. The van der Waals surface area contributed by atoms with Crippen molar-refractivity contribution in [1.82, 2.24) is 4.90 Å². The van der Waals surface area contributed by atoms with E-state index in [2.05, 4.69) is 30.7 Å². The van der Waals surface area contributed by atoms with Crippen molar-refractivity contribution in [3.63, 3.8) is 0 Å². The van der Waals surface area contributed by atoms with Gasteiger partial charge in [0.2, 0.25) is 0 Å². The average molecular weight is 266 g/mol. The van der Waals surface area contributed by atoms with Crippen molar-refractivity contribution in [1.29, 1.82) is 0 Å². The average Bonchev–Trinajstić information content (AvgIpc) is 2.33. The summed E-state index contributed by atoms with van der Waals surface area (Å²) in [6.07, 6.45) is 0.768. The van der Waals surface area contributed by atoms with E-state index in [1.165, 1.54) is 12.1 Å². The first-order valence-corrected chi connectivity index (χ1v) is 6.78. The number of halogens is 1. The zero-order chi connectivity index (χ0) is 14.0. The summed E-state index contributed by atoms with van der Waals surface area (Å²) in [4.78, 5) is 4.61. The van der Waals surface area contributed by atoms with Gasteiger partial charge in [0.05, 0.1) is 0 Å². The van der Waals surface area contributed by atoms with Crippen LogP contribution < -0.4 is 4.90 Å².